The Morgan fingerprint density at radius 1 is 1.05 bits per heavy atom. The fraction of sp³-hybridized carbons (Fsp3) is 0.944. The van der Waals surface area contributed by atoms with Crippen LogP contribution in [0.15, 0.2) is 0 Å². The van der Waals surface area contributed by atoms with E-state index < -0.39 is 6.51 Å². The molecule has 0 bridgehead atoms. The molecule has 10 aliphatic rings. The minimum absolute atomic E-state index is 0.0973. The van der Waals surface area contributed by atoms with Crippen LogP contribution in [0.2, 0.25) is 47.2 Å². The van der Waals surface area contributed by atoms with Gasteiger partial charge in [-0.25, -0.2) is 0 Å². The van der Waals surface area contributed by atoms with Gasteiger partial charge in [-0.3, -0.25) is 0 Å². The topological polar surface area (TPSA) is 29.5 Å². The molecule has 122 valence electrons. The molecule has 0 amide bonds. The summed E-state index contributed by atoms with van der Waals surface area (Å²) < 4.78 is 7.06. The number of esters is 1. The molecule has 10 heterocycles. The second-order valence-corrected chi connectivity index (χ2v) is 36.1. The molecule has 22 heavy (non-hydrogen) atoms. The molecule has 10 rings (SSSR count). The third kappa shape index (κ3) is 0.124. The van der Waals surface area contributed by atoms with Crippen LogP contribution < -0.4 is 0 Å². The molecule has 0 aromatic heterocycles. The zero-order valence-corrected chi connectivity index (χ0v) is 14.7. The van der Waals surface area contributed by atoms with Crippen molar-refractivity contribution in [2.75, 3.05) is 27.2 Å². The first-order chi connectivity index (χ1) is 10.3. The molecule has 10 saturated heterocycles. The Balaban J connectivity index is 1.23. The summed E-state index contributed by atoms with van der Waals surface area (Å²) in [7, 11) is 4.63. The number of carbonyl (C=O) groups is 1. The first-order valence-electron chi connectivity index (χ1n) is 9.32. The predicted molar refractivity (Wildman–Crippen MR) is 79.8 cm³/mol. The zero-order valence-electron chi connectivity index (χ0n) is 13.6. The van der Waals surface area contributed by atoms with Crippen LogP contribution in [0, 0.1) is 0 Å². The summed E-state index contributed by atoms with van der Waals surface area (Å²) in [5.74, 6) is 0.0973. The van der Waals surface area contributed by atoms with Crippen LogP contribution in [0.3, 0.4) is 0 Å². The maximum absolute atomic E-state index is 12.0. The van der Waals surface area contributed by atoms with E-state index in [9.17, 15) is 4.79 Å². The van der Waals surface area contributed by atoms with Gasteiger partial charge in [-0.05, 0) is 0 Å². The second-order valence-electron chi connectivity index (χ2n) is 12.6. The standard InChI is InChI=1S/C10H13O2.C8H12N.Fe/c1-2-12-10(11)8-7-9-5-3-4-6-9;1-9(2)7-8-5-3-4-6-8;/h3-6H,2,7-8H2,1H3;3-6H,7H2,1-2H3;. The van der Waals surface area contributed by atoms with Crippen LogP contribution in [-0.2, 0) is 16.0 Å². The summed E-state index contributed by atoms with van der Waals surface area (Å²) in [6.45, 7) is 0.740. The average Bonchev–Trinajstić information content (AvgIpc) is 3.40. The molecule has 3 nitrogen and oxygen atoms in total. The third-order valence-electron chi connectivity index (χ3n) is 17.0. The molecule has 10 aliphatic heterocycles. The second kappa shape index (κ2) is 0.986. The number of hydrogen-bond donors (Lipinski definition) is 0. The van der Waals surface area contributed by atoms with E-state index in [0.717, 1.165) is 15.0 Å². The summed E-state index contributed by atoms with van der Waals surface area (Å²) in [4.78, 5) is 25.1. The Hall–Kier alpha value is -0.0505. The molecule has 0 aromatic carbocycles. The average molecular weight is 343 g/mol. The summed E-state index contributed by atoms with van der Waals surface area (Å²) >= 11 is 0. The van der Waals surface area contributed by atoms with Gasteiger partial charge < -0.3 is 0 Å². The predicted octanol–water partition coefficient (Wildman–Crippen LogP) is 4.02. The number of nitrogens with zero attached hydrogens (tertiary/aromatic N) is 1. The van der Waals surface area contributed by atoms with Crippen molar-refractivity contribution >= 4 is 5.97 Å². The summed E-state index contributed by atoms with van der Waals surface area (Å²) in [6, 6.07) is 0. The number of carbonyl (C=O) groups excluding carboxylic acids is 1. The third-order valence-corrected chi connectivity index (χ3v) is 61.0. The van der Waals surface area contributed by atoms with Crippen LogP contribution in [0.25, 0.3) is 0 Å². The van der Waals surface area contributed by atoms with Gasteiger partial charge in [0.15, 0.2) is 0 Å². The molecule has 0 aromatic rings. The van der Waals surface area contributed by atoms with Gasteiger partial charge in [-0.15, -0.1) is 0 Å². The van der Waals surface area contributed by atoms with Crippen molar-refractivity contribution in [3.8, 4) is 0 Å². The first kappa shape index (κ1) is 10.1. The Morgan fingerprint density at radius 2 is 1.59 bits per heavy atom. The number of ether oxygens (including phenoxy) is 1. The zero-order chi connectivity index (χ0) is 14.6. The van der Waals surface area contributed by atoms with Crippen molar-refractivity contribution in [1.82, 2.24) is 4.90 Å². The SMILES string of the molecule is CCOC(=O)CC[C]12[CH]3[CH]4[CH]5[CH]1[Fe]45321678[CH]2[CH]1[CH]6[C]7(CN(C)C)[CH]28. The van der Waals surface area contributed by atoms with Crippen molar-refractivity contribution in [1.29, 1.82) is 0 Å². The molecule has 0 N–H and O–H groups in total. The summed E-state index contributed by atoms with van der Waals surface area (Å²) in [6.07, 6.45) is 2.03. The molecule has 0 radical (unpaired) electrons. The number of fused-ring (bicyclic) bond motifs is 10. The monoisotopic (exact) mass is 343 g/mol. The quantitative estimate of drug-likeness (QED) is 0.539. The van der Waals surface area contributed by atoms with E-state index >= 15 is 0 Å². The van der Waals surface area contributed by atoms with Gasteiger partial charge in [0.1, 0.15) is 0 Å². The van der Waals surface area contributed by atoms with Crippen LogP contribution in [0.1, 0.15) is 19.8 Å². The molecule has 0 aliphatic carbocycles. The van der Waals surface area contributed by atoms with Gasteiger partial charge in [-0.1, -0.05) is 0 Å². The van der Waals surface area contributed by atoms with Gasteiger partial charge in [0, 0.05) is 0 Å². The van der Waals surface area contributed by atoms with Crippen molar-refractivity contribution in [3.05, 3.63) is 0 Å². The molecule has 10 fully saturated rings. The molecule has 8 atom stereocenters. The van der Waals surface area contributed by atoms with E-state index in [0.29, 0.717) is 6.61 Å². The number of rotatable bonds is 6. The fourth-order valence-electron chi connectivity index (χ4n) is 19.6. The Morgan fingerprint density at radius 3 is 2.05 bits per heavy atom. The van der Waals surface area contributed by atoms with E-state index in [1.165, 1.54) is 51.5 Å². The van der Waals surface area contributed by atoms with E-state index in [4.69, 9.17) is 4.74 Å². The van der Waals surface area contributed by atoms with Crippen molar-refractivity contribution in [2.24, 2.45) is 0 Å². The van der Waals surface area contributed by atoms with Gasteiger partial charge in [-0.2, -0.15) is 0 Å². The fourth-order valence-corrected chi connectivity index (χ4v) is 97.6. The first-order valence-corrected chi connectivity index (χ1v) is 15.5. The van der Waals surface area contributed by atoms with E-state index in [2.05, 4.69) is 19.0 Å². The van der Waals surface area contributed by atoms with Gasteiger partial charge in [0.25, 0.3) is 0 Å². The molecule has 1 spiro atoms. The van der Waals surface area contributed by atoms with Gasteiger partial charge in [0.2, 0.25) is 0 Å². The molecular weight excluding hydrogens is 318 g/mol. The molecular formula is C18H25FeNO2. The van der Waals surface area contributed by atoms with Crippen LogP contribution >= 0.6 is 0 Å². The Labute approximate surface area is 121 Å². The Kier molecular flexibility index (Phi) is 0.451. The van der Waals surface area contributed by atoms with E-state index in [1.54, 1.807) is 0 Å². The van der Waals surface area contributed by atoms with E-state index in [1.807, 2.05) is 6.92 Å². The maximum atomic E-state index is 12.0. The molecule has 0 saturated carbocycles. The van der Waals surface area contributed by atoms with Crippen molar-refractivity contribution < 1.29 is 16.0 Å². The number of hydrogen-bond acceptors (Lipinski definition) is 3. The summed E-state index contributed by atoms with van der Waals surface area (Å²) in [5.41, 5.74) is 0. The van der Waals surface area contributed by atoms with Crippen LogP contribution in [0.5, 0.6) is 0 Å². The normalized spacial score (nSPS) is 98.2. The van der Waals surface area contributed by atoms with Crippen LogP contribution in [0.4, 0.5) is 0 Å². The summed E-state index contributed by atoms with van der Waals surface area (Å²) in [5, 5.41) is 0. The molecule has 8 unspecified atom stereocenters. The minimum atomic E-state index is -3.21. The molecule has 4 heteroatoms. The Bertz CT molecular complexity index is 1130. The van der Waals surface area contributed by atoms with Crippen LogP contribution in [-0.4, -0.2) is 38.1 Å². The van der Waals surface area contributed by atoms with Crippen molar-refractivity contribution in [2.45, 2.75) is 66.9 Å². The van der Waals surface area contributed by atoms with Crippen molar-refractivity contribution in [3.63, 3.8) is 0 Å². The van der Waals surface area contributed by atoms with Gasteiger partial charge in [0.05, 0.1) is 0 Å². The van der Waals surface area contributed by atoms with E-state index in [-0.39, 0.29) is 5.97 Å². The van der Waals surface area contributed by atoms with Gasteiger partial charge >= 0.3 is 121 Å².